The minimum atomic E-state index is -0.756. The molecule has 4 fully saturated rings. The Morgan fingerprint density at radius 2 is 1.79 bits per heavy atom. The third-order valence-electron chi connectivity index (χ3n) is 10.9. The number of hydrogen-bond acceptors (Lipinski definition) is 4. The Bertz CT molecular complexity index is 725. The van der Waals surface area contributed by atoms with Gasteiger partial charge in [-0.3, -0.25) is 4.79 Å². The van der Waals surface area contributed by atoms with Crippen LogP contribution in [0.15, 0.2) is 0 Å². The van der Waals surface area contributed by atoms with Crippen molar-refractivity contribution in [3.8, 4) is 0 Å². The number of nitrogens with zero attached hydrogens (tertiary/aromatic N) is 1. The van der Waals surface area contributed by atoms with Crippen LogP contribution in [0.25, 0.3) is 0 Å². The molecule has 6 heteroatoms. The van der Waals surface area contributed by atoms with Gasteiger partial charge in [-0.1, -0.05) is 33.6 Å². The summed E-state index contributed by atoms with van der Waals surface area (Å²) in [5.74, 6) is 1.22. The minimum Gasteiger partial charge on any atom is -0.481 e. The Morgan fingerprint density at radius 1 is 1.03 bits per heavy atom. The SMILES string of the molecule is CCN(CC)CCC(OC(N)=O)[C@]12CC[C@H]3[C@@H](CCC4CCCC[C@@]43C)[C@@H]1CCC2C(=O)O. The molecule has 8 atom stereocenters. The van der Waals surface area contributed by atoms with Crippen molar-refractivity contribution in [3.63, 3.8) is 0 Å². The van der Waals surface area contributed by atoms with Gasteiger partial charge in [0.25, 0.3) is 0 Å². The number of aliphatic carboxylic acids is 1. The van der Waals surface area contributed by atoms with Crippen LogP contribution in [0.1, 0.15) is 91.4 Å². The predicted octanol–water partition coefficient (Wildman–Crippen LogP) is 5.30. The average molecular weight is 463 g/mol. The third-order valence-corrected chi connectivity index (χ3v) is 10.9. The lowest BCUT2D eigenvalue weighted by atomic mass is 9.43. The fourth-order valence-corrected chi connectivity index (χ4v) is 9.42. The number of amides is 1. The Hall–Kier alpha value is -1.30. The molecule has 1 amide bonds. The lowest BCUT2D eigenvalue weighted by Gasteiger charge is -2.61. The summed E-state index contributed by atoms with van der Waals surface area (Å²) < 4.78 is 5.87. The predicted molar refractivity (Wildman–Crippen MR) is 129 cm³/mol. The van der Waals surface area contributed by atoms with Gasteiger partial charge in [-0.05, 0) is 100.0 Å². The van der Waals surface area contributed by atoms with Crippen LogP contribution in [0.3, 0.4) is 0 Å². The average Bonchev–Trinajstić information content (AvgIpc) is 3.19. The zero-order chi connectivity index (χ0) is 23.8. The molecule has 0 saturated heterocycles. The standard InChI is InChI=1S/C27H46N2O4/c1-4-29(5-2)17-14-23(33-25(28)32)27-16-13-20-19(21(27)11-12-22(27)24(30)31)10-9-18-8-6-7-15-26(18,20)3/h18-23H,4-17H2,1-3H3,(H2,28,32)(H,30,31)/t18?,19-,20+,21+,22?,23?,26+,27-/m1/s1. The monoisotopic (exact) mass is 462 g/mol. The zero-order valence-corrected chi connectivity index (χ0v) is 21.1. The van der Waals surface area contributed by atoms with Gasteiger partial charge in [0.2, 0.25) is 0 Å². The molecule has 0 spiro atoms. The quantitative estimate of drug-likeness (QED) is 0.511. The maximum atomic E-state index is 12.6. The second kappa shape index (κ2) is 9.75. The first-order valence-corrected chi connectivity index (χ1v) is 13.7. The van der Waals surface area contributed by atoms with E-state index in [1.54, 1.807) is 0 Å². The molecule has 0 radical (unpaired) electrons. The topological polar surface area (TPSA) is 92.9 Å². The van der Waals surface area contributed by atoms with Crippen molar-refractivity contribution < 1.29 is 19.4 Å². The highest BCUT2D eigenvalue weighted by molar-refractivity contribution is 5.72. The molecule has 0 aromatic rings. The van der Waals surface area contributed by atoms with E-state index in [4.69, 9.17) is 10.5 Å². The summed E-state index contributed by atoms with van der Waals surface area (Å²) in [5, 5.41) is 10.3. The molecule has 188 valence electrons. The highest BCUT2D eigenvalue weighted by Gasteiger charge is 2.66. The van der Waals surface area contributed by atoms with E-state index in [1.807, 2.05) is 0 Å². The van der Waals surface area contributed by atoms with Crippen LogP contribution in [-0.4, -0.2) is 47.8 Å². The molecule has 3 N–H and O–H groups in total. The molecule has 4 rings (SSSR count). The summed E-state index contributed by atoms with van der Waals surface area (Å²) in [7, 11) is 0. The maximum absolute atomic E-state index is 12.6. The Balaban J connectivity index is 1.68. The molecule has 0 aromatic heterocycles. The molecule has 0 heterocycles. The number of primary amides is 1. The molecule has 4 aliphatic carbocycles. The van der Waals surface area contributed by atoms with E-state index in [0.717, 1.165) is 44.8 Å². The maximum Gasteiger partial charge on any atom is 0.404 e. The van der Waals surface area contributed by atoms with Crippen LogP contribution in [-0.2, 0) is 9.53 Å². The second-order valence-corrected chi connectivity index (χ2v) is 11.8. The van der Waals surface area contributed by atoms with E-state index >= 15 is 0 Å². The summed E-state index contributed by atoms with van der Waals surface area (Å²) >= 11 is 0. The molecule has 33 heavy (non-hydrogen) atoms. The molecule has 4 saturated carbocycles. The van der Waals surface area contributed by atoms with Gasteiger partial charge in [-0.2, -0.15) is 0 Å². The second-order valence-electron chi connectivity index (χ2n) is 11.8. The van der Waals surface area contributed by atoms with Gasteiger partial charge in [0.05, 0.1) is 5.92 Å². The molecular formula is C27H46N2O4. The number of carbonyl (C=O) groups excluding carboxylic acids is 1. The van der Waals surface area contributed by atoms with Crippen molar-refractivity contribution in [1.82, 2.24) is 4.90 Å². The number of carbonyl (C=O) groups is 2. The summed E-state index contributed by atoms with van der Waals surface area (Å²) in [4.78, 5) is 27.0. The van der Waals surface area contributed by atoms with Gasteiger partial charge in [0, 0.05) is 12.0 Å². The van der Waals surface area contributed by atoms with Gasteiger partial charge >= 0.3 is 12.1 Å². The lowest BCUT2D eigenvalue weighted by Crippen LogP contribution is -2.58. The van der Waals surface area contributed by atoms with Crippen LogP contribution in [0.4, 0.5) is 4.79 Å². The van der Waals surface area contributed by atoms with Crippen LogP contribution < -0.4 is 5.73 Å². The Morgan fingerprint density at radius 3 is 2.45 bits per heavy atom. The molecule has 3 unspecified atom stereocenters. The van der Waals surface area contributed by atoms with Crippen molar-refractivity contribution in [2.45, 2.75) is 97.5 Å². The van der Waals surface area contributed by atoms with Crippen LogP contribution in [0.2, 0.25) is 0 Å². The van der Waals surface area contributed by atoms with Crippen molar-refractivity contribution in [3.05, 3.63) is 0 Å². The number of ether oxygens (including phenoxy) is 1. The first-order chi connectivity index (χ1) is 15.8. The summed E-state index contributed by atoms with van der Waals surface area (Å²) in [6, 6.07) is 0. The van der Waals surface area contributed by atoms with E-state index in [-0.39, 0.29) is 0 Å². The molecular weight excluding hydrogens is 416 g/mol. The van der Waals surface area contributed by atoms with E-state index in [1.165, 1.54) is 38.5 Å². The minimum absolute atomic E-state index is 0.318. The Kier molecular flexibility index (Phi) is 7.33. The molecule has 0 aliphatic heterocycles. The van der Waals surface area contributed by atoms with E-state index in [9.17, 15) is 14.7 Å². The number of hydrogen-bond donors (Lipinski definition) is 2. The van der Waals surface area contributed by atoms with Crippen LogP contribution >= 0.6 is 0 Å². The van der Waals surface area contributed by atoms with Crippen molar-refractivity contribution in [2.75, 3.05) is 19.6 Å². The molecule has 4 aliphatic rings. The number of carboxylic acid groups (broad SMARTS) is 1. The summed E-state index contributed by atoms with van der Waals surface area (Å²) in [5.41, 5.74) is 5.51. The van der Waals surface area contributed by atoms with Crippen LogP contribution in [0, 0.1) is 40.4 Å². The van der Waals surface area contributed by atoms with Crippen LogP contribution in [0.5, 0.6) is 0 Å². The fraction of sp³-hybridized carbons (Fsp3) is 0.926. The third kappa shape index (κ3) is 4.19. The van der Waals surface area contributed by atoms with E-state index in [0.29, 0.717) is 36.0 Å². The number of carboxylic acids is 1. The molecule has 6 nitrogen and oxygen atoms in total. The largest absolute Gasteiger partial charge is 0.481 e. The van der Waals surface area contributed by atoms with Gasteiger partial charge < -0.3 is 20.5 Å². The summed E-state index contributed by atoms with van der Waals surface area (Å²) in [6.07, 6.45) is 11.0. The van der Waals surface area contributed by atoms with Crippen molar-refractivity contribution in [1.29, 1.82) is 0 Å². The first-order valence-electron chi connectivity index (χ1n) is 13.7. The van der Waals surface area contributed by atoms with Gasteiger partial charge in [-0.25, -0.2) is 4.79 Å². The van der Waals surface area contributed by atoms with E-state index in [2.05, 4.69) is 25.7 Å². The van der Waals surface area contributed by atoms with E-state index < -0.39 is 29.5 Å². The van der Waals surface area contributed by atoms with Gasteiger partial charge in [0.15, 0.2) is 0 Å². The zero-order valence-electron chi connectivity index (χ0n) is 21.1. The molecule has 0 aromatic carbocycles. The van der Waals surface area contributed by atoms with Gasteiger partial charge in [-0.15, -0.1) is 0 Å². The number of fused-ring (bicyclic) bond motifs is 5. The lowest BCUT2D eigenvalue weighted by molar-refractivity contribution is -0.171. The van der Waals surface area contributed by atoms with Crippen molar-refractivity contribution >= 4 is 12.1 Å². The first kappa shape index (κ1) is 24.8. The number of rotatable bonds is 8. The Labute approximate surface area is 200 Å². The highest BCUT2D eigenvalue weighted by Crippen LogP contribution is 2.69. The molecule has 0 bridgehead atoms. The normalized spacial score (nSPS) is 41.0. The van der Waals surface area contributed by atoms with Crippen molar-refractivity contribution in [2.24, 2.45) is 46.2 Å². The summed E-state index contributed by atoms with van der Waals surface area (Å²) in [6.45, 7) is 9.49. The highest BCUT2D eigenvalue weighted by atomic mass is 16.6. The van der Waals surface area contributed by atoms with Gasteiger partial charge in [0.1, 0.15) is 6.10 Å². The number of nitrogens with two attached hydrogens (primary N) is 1. The smallest absolute Gasteiger partial charge is 0.404 e. The fourth-order valence-electron chi connectivity index (χ4n) is 9.42.